The van der Waals surface area contributed by atoms with Gasteiger partial charge in [-0.1, -0.05) is 19.9 Å². The third-order valence-corrected chi connectivity index (χ3v) is 6.50. The van der Waals surface area contributed by atoms with Crippen LogP contribution in [-0.2, 0) is 0 Å². The van der Waals surface area contributed by atoms with Gasteiger partial charge in [0.1, 0.15) is 29.1 Å². The molecule has 0 spiro atoms. The molecule has 4 heterocycles. The van der Waals surface area contributed by atoms with E-state index in [0.717, 1.165) is 45.9 Å². The number of nitrogens with one attached hydrogen (secondary N) is 3. The quantitative estimate of drug-likeness (QED) is 0.182. The Morgan fingerprint density at radius 1 is 0.897 bits per heavy atom. The molecule has 8 nitrogen and oxygen atoms in total. The van der Waals surface area contributed by atoms with Gasteiger partial charge >= 0.3 is 0 Å². The van der Waals surface area contributed by atoms with Gasteiger partial charge in [-0.05, 0) is 54.3 Å². The smallest absolute Gasteiger partial charge is 0.159 e. The second-order valence-electron chi connectivity index (χ2n) is 9.88. The molecule has 0 bridgehead atoms. The van der Waals surface area contributed by atoms with Crippen molar-refractivity contribution in [3.63, 3.8) is 0 Å². The average Bonchev–Trinajstić information content (AvgIpc) is 3.53. The molecule has 0 aliphatic rings. The fourth-order valence-corrected chi connectivity index (χ4v) is 4.69. The lowest BCUT2D eigenvalue weighted by atomic mass is 10.0. The maximum atomic E-state index is 14.6. The molecule has 2 aromatic carbocycles. The van der Waals surface area contributed by atoms with Crippen LogP contribution in [0.25, 0.3) is 55.7 Å². The molecule has 0 amide bonds. The Kier molecular flexibility index (Phi) is 6.24. The lowest BCUT2D eigenvalue weighted by Gasteiger charge is -2.16. The number of nitrogens with zero attached hydrogens (tertiary/aromatic N) is 4. The van der Waals surface area contributed by atoms with Crippen LogP contribution in [0.4, 0.5) is 14.5 Å². The first-order valence-corrected chi connectivity index (χ1v) is 12.5. The molecule has 4 N–H and O–H groups in total. The van der Waals surface area contributed by atoms with Crippen molar-refractivity contribution in [2.75, 3.05) is 5.32 Å². The number of aromatic nitrogens is 6. The third kappa shape index (κ3) is 4.82. The summed E-state index contributed by atoms with van der Waals surface area (Å²) in [6.07, 6.45) is 6.44. The number of fused-ring (bicyclic) bond motifs is 2. The first kappa shape index (κ1) is 24.6. The lowest BCUT2D eigenvalue weighted by Crippen LogP contribution is -2.20. The molecule has 39 heavy (non-hydrogen) atoms. The maximum Gasteiger partial charge on any atom is 0.159 e. The predicted molar refractivity (Wildman–Crippen MR) is 147 cm³/mol. The standard InChI is InChI=1S/C29H25F2N7O/c1-15(2)7-26(39)34-19-8-17(11-32-12-19)16-3-6-24-21(9-16)28(38-37-24)29-35-25-14-33-13-22(27(25)36-29)20-10-18(30)4-5-23(20)31/h3-6,8-15,26,34,39H,7H2,1-2H3,(H,35,36)(H,37,38). The predicted octanol–water partition coefficient (Wildman–Crippen LogP) is 6.28. The topological polar surface area (TPSA) is 115 Å². The van der Waals surface area contributed by atoms with Crippen molar-refractivity contribution in [2.45, 2.75) is 26.5 Å². The van der Waals surface area contributed by atoms with Gasteiger partial charge in [-0.15, -0.1) is 0 Å². The number of hydrogen-bond acceptors (Lipinski definition) is 6. The highest BCUT2D eigenvalue weighted by Crippen LogP contribution is 2.34. The van der Waals surface area contributed by atoms with Crippen molar-refractivity contribution in [3.8, 4) is 33.8 Å². The number of rotatable bonds is 7. The average molecular weight is 526 g/mol. The summed E-state index contributed by atoms with van der Waals surface area (Å²) in [5.74, 6) is -0.297. The van der Waals surface area contributed by atoms with Crippen LogP contribution >= 0.6 is 0 Å². The Labute approximate surface area is 222 Å². The van der Waals surface area contributed by atoms with Gasteiger partial charge < -0.3 is 15.4 Å². The number of hydrogen-bond donors (Lipinski definition) is 4. The van der Waals surface area contributed by atoms with Crippen LogP contribution in [-0.4, -0.2) is 41.5 Å². The zero-order chi connectivity index (χ0) is 27.1. The van der Waals surface area contributed by atoms with E-state index in [1.165, 1.54) is 6.20 Å². The SMILES string of the molecule is CC(C)CC(O)Nc1cncc(-c2ccc3[nH]nc(-c4nc5c(-c6cc(F)ccc6F)cncc5[nH]4)c3c2)c1. The molecule has 0 saturated carbocycles. The molecule has 0 aliphatic carbocycles. The minimum absolute atomic E-state index is 0.0832. The van der Waals surface area contributed by atoms with Crippen molar-refractivity contribution in [2.24, 2.45) is 5.92 Å². The number of halogens is 2. The van der Waals surface area contributed by atoms with Crippen molar-refractivity contribution in [1.29, 1.82) is 0 Å². The molecule has 0 aliphatic heterocycles. The van der Waals surface area contributed by atoms with E-state index in [1.54, 1.807) is 18.6 Å². The monoisotopic (exact) mass is 525 g/mol. The van der Waals surface area contributed by atoms with Gasteiger partial charge in [-0.3, -0.25) is 15.1 Å². The number of aliphatic hydroxyl groups excluding tert-OH is 1. The molecule has 6 rings (SSSR count). The van der Waals surface area contributed by atoms with E-state index in [4.69, 9.17) is 4.98 Å². The Morgan fingerprint density at radius 3 is 2.59 bits per heavy atom. The van der Waals surface area contributed by atoms with Gasteiger partial charge in [0.2, 0.25) is 0 Å². The van der Waals surface area contributed by atoms with E-state index in [2.05, 4.69) is 44.3 Å². The van der Waals surface area contributed by atoms with Crippen molar-refractivity contribution >= 4 is 27.6 Å². The zero-order valence-electron chi connectivity index (χ0n) is 21.2. The van der Waals surface area contributed by atoms with Gasteiger partial charge in [-0.25, -0.2) is 13.8 Å². The van der Waals surface area contributed by atoms with Crippen molar-refractivity contribution < 1.29 is 13.9 Å². The summed E-state index contributed by atoms with van der Waals surface area (Å²) in [5.41, 5.74) is 5.35. The number of H-pyrrole nitrogens is 2. The Balaban J connectivity index is 1.39. The molecular formula is C29H25F2N7O. The van der Waals surface area contributed by atoms with Crippen LogP contribution in [0.5, 0.6) is 0 Å². The van der Waals surface area contributed by atoms with Crippen molar-refractivity contribution in [3.05, 3.63) is 78.9 Å². The van der Waals surface area contributed by atoms with Crippen LogP contribution in [0.15, 0.2) is 67.3 Å². The summed E-state index contributed by atoms with van der Waals surface area (Å²) in [4.78, 5) is 16.5. The molecule has 196 valence electrons. The van der Waals surface area contributed by atoms with E-state index in [-0.39, 0.29) is 5.56 Å². The fraction of sp³-hybridized carbons (Fsp3) is 0.172. The second-order valence-corrected chi connectivity index (χ2v) is 9.88. The van der Waals surface area contributed by atoms with Gasteiger partial charge in [0.25, 0.3) is 0 Å². The molecule has 0 fully saturated rings. The van der Waals surface area contributed by atoms with Gasteiger partial charge in [0.05, 0.1) is 29.1 Å². The Bertz CT molecular complexity index is 1810. The highest BCUT2D eigenvalue weighted by atomic mass is 19.1. The molecule has 4 aromatic heterocycles. The Hall–Kier alpha value is -4.70. The molecular weight excluding hydrogens is 500 g/mol. The van der Waals surface area contributed by atoms with Gasteiger partial charge in [0.15, 0.2) is 5.82 Å². The van der Waals surface area contributed by atoms with E-state index in [9.17, 15) is 13.9 Å². The van der Waals surface area contributed by atoms with Crippen LogP contribution in [0.1, 0.15) is 20.3 Å². The molecule has 1 unspecified atom stereocenters. The number of aromatic amines is 2. The van der Waals surface area contributed by atoms with Crippen molar-refractivity contribution in [1.82, 2.24) is 30.1 Å². The van der Waals surface area contributed by atoms with Crippen LogP contribution in [0.3, 0.4) is 0 Å². The van der Waals surface area contributed by atoms with Gasteiger partial charge in [-0.2, -0.15) is 5.10 Å². The third-order valence-electron chi connectivity index (χ3n) is 6.50. The number of imidazole rings is 1. The second kappa shape index (κ2) is 9.88. The summed E-state index contributed by atoms with van der Waals surface area (Å²) in [7, 11) is 0. The number of aliphatic hydroxyl groups is 1. The molecule has 1 atom stereocenters. The normalized spacial score (nSPS) is 12.5. The van der Waals surface area contributed by atoms with Crippen LogP contribution in [0, 0.1) is 17.6 Å². The lowest BCUT2D eigenvalue weighted by molar-refractivity contribution is 0.176. The van der Waals surface area contributed by atoms with E-state index < -0.39 is 17.9 Å². The number of pyridine rings is 2. The molecule has 0 saturated heterocycles. The number of benzene rings is 2. The van der Waals surface area contributed by atoms with E-state index >= 15 is 0 Å². The van der Waals surface area contributed by atoms with Crippen LogP contribution < -0.4 is 5.32 Å². The summed E-state index contributed by atoms with van der Waals surface area (Å²) in [6, 6.07) is 11.1. The zero-order valence-corrected chi connectivity index (χ0v) is 21.2. The highest BCUT2D eigenvalue weighted by Gasteiger charge is 2.18. The summed E-state index contributed by atoms with van der Waals surface area (Å²) in [5, 5.41) is 21.7. The molecule has 0 radical (unpaired) electrons. The Morgan fingerprint density at radius 2 is 1.74 bits per heavy atom. The first-order chi connectivity index (χ1) is 18.9. The summed E-state index contributed by atoms with van der Waals surface area (Å²) in [6.45, 7) is 4.10. The van der Waals surface area contributed by atoms with E-state index in [1.807, 2.05) is 24.3 Å². The first-order valence-electron chi connectivity index (χ1n) is 12.5. The summed E-state index contributed by atoms with van der Waals surface area (Å²) >= 11 is 0. The molecule has 10 heteroatoms. The van der Waals surface area contributed by atoms with Crippen LogP contribution in [0.2, 0.25) is 0 Å². The molecule has 6 aromatic rings. The van der Waals surface area contributed by atoms with E-state index in [0.29, 0.717) is 40.5 Å². The minimum Gasteiger partial charge on any atom is -0.374 e. The number of anilines is 1. The fourth-order valence-electron chi connectivity index (χ4n) is 4.69. The largest absolute Gasteiger partial charge is 0.374 e. The summed E-state index contributed by atoms with van der Waals surface area (Å²) < 4.78 is 28.5. The highest BCUT2D eigenvalue weighted by molar-refractivity contribution is 5.98. The maximum absolute atomic E-state index is 14.6. The minimum atomic E-state index is -0.668. The van der Waals surface area contributed by atoms with Gasteiger partial charge in [0, 0.05) is 34.5 Å².